The maximum absolute atomic E-state index is 13.0. The molecule has 2 aromatic rings. The van der Waals surface area contributed by atoms with Gasteiger partial charge in [-0.05, 0) is 31.0 Å². The van der Waals surface area contributed by atoms with Gasteiger partial charge in [-0.15, -0.1) is 24.2 Å². The van der Waals surface area contributed by atoms with E-state index in [1.165, 1.54) is 11.1 Å². The van der Waals surface area contributed by atoms with Crippen LogP contribution in [0.25, 0.3) is 0 Å². The van der Waals surface area contributed by atoms with Crippen molar-refractivity contribution in [3.05, 3.63) is 65.2 Å². The van der Waals surface area contributed by atoms with Crippen molar-refractivity contribution < 1.29 is 4.79 Å². The molecule has 0 saturated carbocycles. The number of nitrogens with one attached hydrogen (secondary N) is 2. The number of piperazine rings is 1. The number of amides is 1. The van der Waals surface area contributed by atoms with Crippen LogP contribution in [0.4, 0.5) is 0 Å². The highest BCUT2D eigenvalue weighted by atomic mass is 35.5. The Morgan fingerprint density at radius 1 is 1.14 bits per heavy atom. The van der Waals surface area contributed by atoms with Crippen LogP contribution in [-0.4, -0.2) is 50.1 Å². The van der Waals surface area contributed by atoms with E-state index in [-0.39, 0.29) is 23.6 Å². The van der Waals surface area contributed by atoms with E-state index < -0.39 is 0 Å². The van der Waals surface area contributed by atoms with Crippen LogP contribution in [-0.2, 0) is 4.79 Å². The van der Waals surface area contributed by atoms with Crippen molar-refractivity contribution in [2.24, 2.45) is 0 Å². The average Bonchev–Trinajstić information content (AvgIpc) is 2.69. The highest BCUT2D eigenvalue weighted by Crippen LogP contribution is 2.37. The van der Waals surface area contributed by atoms with Gasteiger partial charge < -0.3 is 10.6 Å². The van der Waals surface area contributed by atoms with Crippen molar-refractivity contribution in [1.29, 1.82) is 0 Å². The van der Waals surface area contributed by atoms with Gasteiger partial charge in [-0.2, -0.15) is 0 Å². The number of rotatable bonds is 7. The van der Waals surface area contributed by atoms with Crippen LogP contribution in [0, 0.1) is 13.8 Å². The molecule has 0 bridgehead atoms. The van der Waals surface area contributed by atoms with E-state index in [1.807, 2.05) is 30.3 Å². The third kappa shape index (κ3) is 6.52. The van der Waals surface area contributed by atoms with Crippen LogP contribution < -0.4 is 10.6 Å². The number of nitrogens with zero attached hydrogens (tertiary/aromatic N) is 1. The first-order valence-electron chi connectivity index (χ1n) is 9.63. The smallest absolute Gasteiger partial charge is 0.238 e. The first kappa shape index (κ1) is 22.8. The molecule has 2 aromatic carbocycles. The largest absolute Gasteiger partial charge is 0.354 e. The van der Waals surface area contributed by atoms with Crippen molar-refractivity contribution in [2.75, 3.05) is 39.3 Å². The fourth-order valence-electron chi connectivity index (χ4n) is 3.32. The summed E-state index contributed by atoms with van der Waals surface area (Å²) in [7, 11) is 0. The predicted octanol–water partition coefficient (Wildman–Crippen LogP) is 3.58. The minimum Gasteiger partial charge on any atom is -0.354 e. The summed E-state index contributed by atoms with van der Waals surface area (Å²) in [6.45, 7) is 9.97. The van der Waals surface area contributed by atoms with Gasteiger partial charge >= 0.3 is 0 Å². The predicted molar refractivity (Wildman–Crippen MR) is 121 cm³/mol. The number of thioether (sulfide) groups is 1. The quantitative estimate of drug-likeness (QED) is 0.673. The van der Waals surface area contributed by atoms with Gasteiger partial charge in [0.05, 0.1) is 0 Å². The first-order valence-corrected chi connectivity index (χ1v) is 10.5. The van der Waals surface area contributed by atoms with E-state index in [0.717, 1.165) is 43.2 Å². The van der Waals surface area contributed by atoms with Gasteiger partial charge in [-0.1, -0.05) is 48.0 Å². The topological polar surface area (TPSA) is 44.4 Å². The summed E-state index contributed by atoms with van der Waals surface area (Å²) in [5.41, 5.74) is 3.50. The average molecular weight is 420 g/mol. The molecule has 1 heterocycles. The summed E-state index contributed by atoms with van der Waals surface area (Å²) >= 11 is 1.64. The molecule has 6 heteroatoms. The third-order valence-corrected chi connectivity index (χ3v) is 6.29. The molecule has 1 amide bonds. The second kappa shape index (κ2) is 11.5. The minimum absolute atomic E-state index is 0. The lowest BCUT2D eigenvalue weighted by atomic mass is 10.1. The number of halogens is 1. The zero-order valence-corrected chi connectivity index (χ0v) is 18.2. The SMILES string of the molecule is Cc1ccc(SC(C(=O)NCCN2CCNCC2)c2ccccc2)c(C)c1.Cl. The van der Waals surface area contributed by atoms with Gasteiger partial charge in [0.1, 0.15) is 5.25 Å². The van der Waals surface area contributed by atoms with Crippen LogP contribution >= 0.6 is 24.2 Å². The lowest BCUT2D eigenvalue weighted by Gasteiger charge is -2.27. The second-order valence-electron chi connectivity index (χ2n) is 7.06. The standard InChI is InChI=1S/C22H29N3OS.ClH/c1-17-8-9-20(18(2)16-17)27-21(19-6-4-3-5-7-19)22(26)24-12-15-25-13-10-23-11-14-25;/h3-9,16,21,23H,10-15H2,1-2H3,(H,24,26);1H. The van der Waals surface area contributed by atoms with E-state index in [9.17, 15) is 4.79 Å². The van der Waals surface area contributed by atoms with Crippen molar-refractivity contribution in [3.8, 4) is 0 Å². The molecule has 0 spiro atoms. The number of hydrogen-bond donors (Lipinski definition) is 2. The molecule has 0 radical (unpaired) electrons. The summed E-state index contributed by atoms with van der Waals surface area (Å²) in [4.78, 5) is 16.6. The fourth-order valence-corrected chi connectivity index (χ4v) is 4.45. The van der Waals surface area contributed by atoms with Gasteiger partial charge in [0, 0.05) is 44.2 Å². The Bertz CT molecular complexity index is 751. The molecule has 1 aliphatic rings. The summed E-state index contributed by atoms with van der Waals surface area (Å²) in [5, 5.41) is 6.28. The molecule has 28 heavy (non-hydrogen) atoms. The van der Waals surface area contributed by atoms with Crippen LogP contribution in [0.15, 0.2) is 53.4 Å². The molecule has 1 unspecified atom stereocenters. The number of hydrogen-bond acceptors (Lipinski definition) is 4. The lowest BCUT2D eigenvalue weighted by molar-refractivity contribution is -0.120. The molecular weight excluding hydrogens is 390 g/mol. The number of benzene rings is 2. The van der Waals surface area contributed by atoms with E-state index >= 15 is 0 Å². The summed E-state index contributed by atoms with van der Waals surface area (Å²) in [6, 6.07) is 16.5. The molecule has 4 nitrogen and oxygen atoms in total. The van der Waals surface area contributed by atoms with Gasteiger partial charge in [-0.25, -0.2) is 0 Å². The molecule has 152 valence electrons. The Morgan fingerprint density at radius 2 is 1.86 bits per heavy atom. The van der Waals surface area contributed by atoms with Crippen molar-refractivity contribution >= 4 is 30.1 Å². The van der Waals surface area contributed by atoms with E-state index in [4.69, 9.17) is 0 Å². The summed E-state index contributed by atoms with van der Waals surface area (Å²) in [5.74, 6) is 0.0845. The number of carbonyl (C=O) groups excluding carboxylic acids is 1. The Kier molecular flexibility index (Phi) is 9.32. The van der Waals surface area contributed by atoms with E-state index in [1.54, 1.807) is 11.8 Å². The van der Waals surface area contributed by atoms with Crippen LogP contribution in [0.2, 0.25) is 0 Å². The Balaban J connectivity index is 0.00000280. The maximum atomic E-state index is 13.0. The van der Waals surface area contributed by atoms with Gasteiger partial charge in [0.25, 0.3) is 0 Å². The molecule has 3 rings (SSSR count). The molecule has 1 fully saturated rings. The monoisotopic (exact) mass is 419 g/mol. The Labute approximate surface area is 178 Å². The zero-order chi connectivity index (χ0) is 19.1. The van der Waals surface area contributed by atoms with Crippen molar-refractivity contribution in [2.45, 2.75) is 24.0 Å². The summed E-state index contributed by atoms with van der Waals surface area (Å²) in [6.07, 6.45) is 0. The Morgan fingerprint density at radius 3 is 2.54 bits per heavy atom. The van der Waals surface area contributed by atoms with Gasteiger partial charge in [0.2, 0.25) is 5.91 Å². The highest BCUT2D eigenvalue weighted by molar-refractivity contribution is 8.00. The molecule has 1 aliphatic heterocycles. The molecule has 0 aliphatic carbocycles. The molecule has 1 atom stereocenters. The third-order valence-electron chi connectivity index (χ3n) is 4.85. The van der Waals surface area contributed by atoms with Gasteiger partial charge in [-0.3, -0.25) is 9.69 Å². The van der Waals surface area contributed by atoms with Crippen LogP contribution in [0.3, 0.4) is 0 Å². The van der Waals surface area contributed by atoms with Crippen LogP contribution in [0.1, 0.15) is 21.9 Å². The van der Waals surface area contributed by atoms with E-state index in [2.05, 4.69) is 47.6 Å². The summed E-state index contributed by atoms with van der Waals surface area (Å²) < 4.78 is 0. The molecular formula is C22H30ClN3OS. The van der Waals surface area contributed by atoms with Crippen LogP contribution in [0.5, 0.6) is 0 Å². The zero-order valence-electron chi connectivity index (χ0n) is 16.6. The number of aryl methyl sites for hydroxylation is 2. The van der Waals surface area contributed by atoms with Gasteiger partial charge in [0.15, 0.2) is 0 Å². The minimum atomic E-state index is -0.240. The normalized spacial score (nSPS) is 15.5. The first-order chi connectivity index (χ1) is 13.1. The maximum Gasteiger partial charge on any atom is 0.238 e. The molecule has 2 N–H and O–H groups in total. The van der Waals surface area contributed by atoms with Crippen molar-refractivity contribution in [1.82, 2.24) is 15.5 Å². The van der Waals surface area contributed by atoms with Crippen molar-refractivity contribution in [3.63, 3.8) is 0 Å². The molecule has 1 saturated heterocycles. The second-order valence-corrected chi connectivity index (χ2v) is 8.21. The highest BCUT2D eigenvalue weighted by Gasteiger charge is 2.22. The fraction of sp³-hybridized carbons (Fsp3) is 0.409. The Hall–Kier alpha value is -1.53. The number of carbonyl (C=O) groups is 1. The molecule has 0 aromatic heterocycles. The van der Waals surface area contributed by atoms with E-state index in [0.29, 0.717) is 6.54 Å². The lowest BCUT2D eigenvalue weighted by Crippen LogP contribution is -2.46.